The monoisotopic (exact) mass is 694 g/mol. The number of imide groups is 1. The summed E-state index contributed by atoms with van der Waals surface area (Å²) in [5.74, 6) is 3.22. The average molecular weight is 695 g/mol. The summed E-state index contributed by atoms with van der Waals surface area (Å²) in [6, 6.07) is 6.42. The number of amides is 4. The SMILES string of the molecule is CC(C)(C)c1cc(C(=O)NN(C(=O)CCCCCCCCC(=O)NN)C(=O)c2cc(C(C)(C)C)c(O)c(C(C)(C)C)c2)cc(C(C)(C)C)c1O. The van der Waals surface area contributed by atoms with E-state index >= 15 is 0 Å². The molecule has 0 aliphatic heterocycles. The molecule has 2 aromatic rings. The molecule has 4 amide bonds. The second-order valence-electron chi connectivity index (χ2n) is 17.5. The van der Waals surface area contributed by atoms with Gasteiger partial charge in [-0.3, -0.25) is 30.0 Å². The molecule has 50 heavy (non-hydrogen) atoms. The molecule has 0 saturated carbocycles. The minimum Gasteiger partial charge on any atom is -0.507 e. The zero-order chi connectivity index (χ0) is 38.4. The van der Waals surface area contributed by atoms with Gasteiger partial charge in [-0.15, -0.1) is 0 Å². The molecule has 0 spiro atoms. The molecule has 0 atom stereocenters. The molecule has 278 valence electrons. The zero-order valence-electron chi connectivity index (χ0n) is 32.5. The molecule has 6 N–H and O–H groups in total. The molecule has 0 fully saturated rings. The minimum atomic E-state index is -0.705. The molecule has 10 heteroatoms. The lowest BCUT2D eigenvalue weighted by Crippen LogP contribution is -2.50. The highest BCUT2D eigenvalue weighted by molar-refractivity contribution is 6.07. The van der Waals surface area contributed by atoms with Crippen LogP contribution in [0, 0.1) is 0 Å². The van der Waals surface area contributed by atoms with E-state index in [0.29, 0.717) is 35.1 Å². The molecule has 0 aliphatic rings. The highest BCUT2D eigenvalue weighted by Gasteiger charge is 2.33. The molecule has 10 nitrogen and oxygen atoms in total. The maximum atomic E-state index is 14.3. The van der Waals surface area contributed by atoms with Gasteiger partial charge >= 0.3 is 0 Å². The molecule has 0 radical (unpaired) electrons. The van der Waals surface area contributed by atoms with Crippen LogP contribution in [0.15, 0.2) is 24.3 Å². The number of benzene rings is 2. The fourth-order valence-electron chi connectivity index (χ4n) is 5.78. The highest BCUT2D eigenvalue weighted by atomic mass is 16.3. The summed E-state index contributed by atoms with van der Waals surface area (Å²) in [6.45, 7) is 23.3. The Morgan fingerprint density at radius 3 is 1.28 bits per heavy atom. The molecular formula is C40H62N4O6. The summed E-state index contributed by atoms with van der Waals surface area (Å²) < 4.78 is 0. The van der Waals surface area contributed by atoms with E-state index in [1.807, 2.05) is 83.1 Å². The van der Waals surface area contributed by atoms with Crippen LogP contribution in [0.5, 0.6) is 11.5 Å². The van der Waals surface area contributed by atoms with Crippen molar-refractivity contribution in [3.05, 3.63) is 57.6 Å². The van der Waals surface area contributed by atoms with Crippen molar-refractivity contribution in [3.63, 3.8) is 0 Å². The summed E-state index contributed by atoms with van der Waals surface area (Å²) in [5.41, 5.74) is 5.35. The maximum absolute atomic E-state index is 14.3. The van der Waals surface area contributed by atoms with Gasteiger partial charge in [0.2, 0.25) is 11.8 Å². The van der Waals surface area contributed by atoms with E-state index in [9.17, 15) is 29.4 Å². The lowest BCUT2D eigenvalue weighted by Gasteiger charge is -2.30. The Morgan fingerprint density at radius 2 is 0.920 bits per heavy atom. The first-order valence-corrected chi connectivity index (χ1v) is 17.7. The smallest absolute Gasteiger partial charge is 0.279 e. The summed E-state index contributed by atoms with van der Waals surface area (Å²) in [6.07, 6.45) is 4.93. The van der Waals surface area contributed by atoms with Crippen LogP contribution in [-0.4, -0.2) is 38.9 Å². The molecule has 0 bridgehead atoms. The van der Waals surface area contributed by atoms with Crippen LogP contribution in [0.2, 0.25) is 0 Å². The normalized spacial score (nSPS) is 12.4. The summed E-state index contributed by atoms with van der Waals surface area (Å²) in [7, 11) is 0. The van der Waals surface area contributed by atoms with E-state index in [1.165, 1.54) is 0 Å². The van der Waals surface area contributed by atoms with E-state index in [1.54, 1.807) is 24.3 Å². The molecule has 2 rings (SSSR count). The van der Waals surface area contributed by atoms with Crippen molar-refractivity contribution < 1.29 is 29.4 Å². The Labute approximate surface area is 299 Å². The number of hydrogen-bond donors (Lipinski definition) is 5. The van der Waals surface area contributed by atoms with Gasteiger partial charge in [0.25, 0.3) is 11.8 Å². The van der Waals surface area contributed by atoms with Crippen LogP contribution >= 0.6 is 0 Å². The number of carbonyl (C=O) groups is 4. The zero-order valence-corrected chi connectivity index (χ0v) is 32.5. The van der Waals surface area contributed by atoms with Gasteiger partial charge < -0.3 is 10.2 Å². The van der Waals surface area contributed by atoms with E-state index in [2.05, 4.69) is 10.9 Å². The number of unbranched alkanes of at least 4 members (excludes halogenated alkanes) is 5. The number of nitrogens with one attached hydrogen (secondary N) is 2. The van der Waals surface area contributed by atoms with Gasteiger partial charge in [0.05, 0.1) is 0 Å². The van der Waals surface area contributed by atoms with E-state index < -0.39 is 39.4 Å². The van der Waals surface area contributed by atoms with Crippen molar-refractivity contribution in [1.29, 1.82) is 0 Å². The molecule has 0 aromatic heterocycles. The molecule has 0 heterocycles. The number of aromatic hydroxyl groups is 2. The van der Waals surface area contributed by atoms with Gasteiger partial charge in [0, 0.05) is 46.2 Å². The van der Waals surface area contributed by atoms with Crippen molar-refractivity contribution in [2.45, 2.75) is 156 Å². The topological polar surface area (TPSA) is 162 Å². The molecule has 0 aliphatic carbocycles. The lowest BCUT2D eigenvalue weighted by molar-refractivity contribution is -0.130. The van der Waals surface area contributed by atoms with Crippen molar-refractivity contribution in [2.24, 2.45) is 5.84 Å². The Kier molecular flexibility index (Phi) is 13.9. The molecular weight excluding hydrogens is 632 g/mol. The fraction of sp³-hybridized carbons (Fsp3) is 0.600. The van der Waals surface area contributed by atoms with E-state index in [0.717, 1.165) is 37.1 Å². The summed E-state index contributed by atoms with van der Waals surface area (Å²) in [4.78, 5) is 53.5. The number of hydrazine groups is 2. The number of phenolic OH excluding ortho intramolecular Hbond substituents is 2. The summed E-state index contributed by atoms with van der Waals surface area (Å²) in [5, 5.41) is 23.3. The second kappa shape index (κ2) is 16.4. The first-order valence-electron chi connectivity index (χ1n) is 17.7. The van der Waals surface area contributed by atoms with Gasteiger partial charge in [-0.25, -0.2) is 5.84 Å². The number of phenols is 2. The first kappa shape index (κ1) is 42.2. The quantitative estimate of drug-likeness (QED) is 0.0696. The van der Waals surface area contributed by atoms with E-state index in [-0.39, 0.29) is 35.0 Å². The predicted octanol–water partition coefficient (Wildman–Crippen LogP) is 7.71. The Hall–Kier alpha value is -3.92. The van der Waals surface area contributed by atoms with Crippen LogP contribution in [0.1, 0.15) is 177 Å². The Balaban J connectivity index is 2.53. The minimum absolute atomic E-state index is 0.0218. The van der Waals surface area contributed by atoms with Crippen LogP contribution < -0.4 is 16.7 Å². The van der Waals surface area contributed by atoms with Crippen LogP contribution in [0.4, 0.5) is 0 Å². The van der Waals surface area contributed by atoms with Crippen molar-refractivity contribution in [1.82, 2.24) is 15.9 Å². The third kappa shape index (κ3) is 11.3. The van der Waals surface area contributed by atoms with Gasteiger partial charge in [0.1, 0.15) is 11.5 Å². The van der Waals surface area contributed by atoms with Crippen LogP contribution in [0.25, 0.3) is 0 Å². The van der Waals surface area contributed by atoms with Gasteiger partial charge in [-0.1, -0.05) is 109 Å². The average Bonchev–Trinajstić information content (AvgIpc) is 2.98. The molecule has 0 saturated heterocycles. The number of rotatable bonds is 11. The molecule has 0 unspecified atom stereocenters. The Bertz CT molecular complexity index is 1480. The van der Waals surface area contributed by atoms with Crippen LogP contribution in [-0.2, 0) is 31.2 Å². The van der Waals surface area contributed by atoms with Gasteiger partial charge in [-0.2, -0.15) is 5.01 Å². The summed E-state index contributed by atoms with van der Waals surface area (Å²) >= 11 is 0. The van der Waals surface area contributed by atoms with Gasteiger partial charge in [-0.05, 0) is 58.8 Å². The third-order valence-electron chi connectivity index (χ3n) is 8.83. The van der Waals surface area contributed by atoms with Crippen molar-refractivity contribution >= 4 is 23.6 Å². The number of hydrogen-bond acceptors (Lipinski definition) is 7. The maximum Gasteiger partial charge on any atom is 0.279 e. The van der Waals surface area contributed by atoms with Gasteiger partial charge in [0.15, 0.2) is 0 Å². The second-order valence-corrected chi connectivity index (χ2v) is 17.5. The largest absolute Gasteiger partial charge is 0.507 e. The van der Waals surface area contributed by atoms with Crippen molar-refractivity contribution in [3.8, 4) is 11.5 Å². The predicted molar refractivity (Wildman–Crippen MR) is 199 cm³/mol. The van der Waals surface area contributed by atoms with Crippen molar-refractivity contribution in [2.75, 3.05) is 0 Å². The Morgan fingerprint density at radius 1 is 0.580 bits per heavy atom. The number of carbonyl (C=O) groups excluding carboxylic acids is 4. The molecule has 2 aromatic carbocycles. The highest BCUT2D eigenvalue weighted by Crippen LogP contribution is 2.41. The first-order chi connectivity index (χ1) is 22.8. The fourth-order valence-corrected chi connectivity index (χ4v) is 5.78. The third-order valence-corrected chi connectivity index (χ3v) is 8.83. The standard InChI is InChI=1S/C40H62N4O6/c1-37(2,3)27-21-25(22-28(33(27)47)38(4,5)6)35(49)43-44(32(46)20-18-16-14-13-15-17-19-31(45)42-41)36(50)26-23-29(39(7,8)9)34(48)30(24-26)40(10,11)12/h21-24,47-48H,13-20,41H2,1-12H3,(H,42,45)(H,43,49). The van der Waals surface area contributed by atoms with E-state index in [4.69, 9.17) is 5.84 Å². The number of nitrogens with two attached hydrogens (primary N) is 1. The number of nitrogens with zero attached hydrogens (tertiary/aromatic N) is 1. The lowest BCUT2D eigenvalue weighted by atomic mass is 9.78. The van der Waals surface area contributed by atoms with Crippen LogP contribution in [0.3, 0.4) is 0 Å².